The minimum absolute atomic E-state index is 0.0306. The Kier molecular flexibility index (Phi) is 8.17. The quantitative estimate of drug-likeness (QED) is 0.258. The number of hydrogen-bond donors (Lipinski definition) is 1. The summed E-state index contributed by atoms with van der Waals surface area (Å²) in [4.78, 5) is 22.2. The van der Waals surface area contributed by atoms with Gasteiger partial charge in [-0.3, -0.25) is 9.36 Å². The van der Waals surface area contributed by atoms with Crippen molar-refractivity contribution in [2.45, 2.75) is 23.9 Å². The summed E-state index contributed by atoms with van der Waals surface area (Å²) in [5.74, 6) is 0.668. The van der Waals surface area contributed by atoms with Crippen LogP contribution in [0.2, 0.25) is 10.0 Å². The second-order valence-corrected chi connectivity index (χ2v) is 10.9. The molecule has 0 bridgehead atoms. The number of piperazine rings is 1. The SMILES string of the molecule is O=c1c2ccccc2nc(SCc2ccccc2Cl)n1CCC[NH+]1CCN(c2cccc(Cl)c2)CC1. The highest BCUT2D eigenvalue weighted by Crippen LogP contribution is 2.26. The first kappa shape index (κ1) is 25.2. The predicted octanol–water partition coefficient (Wildman–Crippen LogP) is 4.79. The van der Waals surface area contributed by atoms with E-state index in [2.05, 4.69) is 11.0 Å². The molecule has 4 aromatic rings. The van der Waals surface area contributed by atoms with Crippen LogP contribution in [0.25, 0.3) is 10.9 Å². The molecule has 5 nitrogen and oxygen atoms in total. The van der Waals surface area contributed by atoms with Crippen LogP contribution in [0.4, 0.5) is 5.69 Å². The molecule has 1 N–H and O–H groups in total. The van der Waals surface area contributed by atoms with Gasteiger partial charge >= 0.3 is 0 Å². The summed E-state index contributed by atoms with van der Waals surface area (Å²) in [5, 5.41) is 2.93. The summed E-state index contributed by atoms with van der Waals surface area (Å²) < 4.78 is 1.85. The van der Waals surface area contributed by atoms with E-state index < -0.39 is 0 Å². The first-order valence-corrected chi connectivity index (χ1v) is 14.0. The molecule has 0 unspecified atom stereocenters. The van der Waals surface area contributed by atoms with Crippen LogP contribution in [0.1, 0.15) is 12.0 Å². The Bertz CT molecular complexity index is 1400. The summed E-state index contributed by atoms with van der Waals surface area (Å²) in [6.07, 6.45) is 0.923. The van der Waals surface area contributed by atoms with Gasteiger partial charge in [-0.25, -0.2) is 4.98 Å². The average Bonchev–Trinajstić information content (AvgIpc) is 2.90. The number of quaternary nitrogens is 1. The molecular weight excluding hydrogens is 511 g/mol. The standard InChI is InChI=1S/C28H28Cl2N4OS/c29-22-8-5-9-23(19-22)33-17-15-32(16-18-33)13-6-14-34-27(35)24-10-2-4-12-26(24)31-28(34)36-20-21-7-1-3-11-25(21)30/h1-5,7-12,19H,6,13-18,20H2/p+1. The lowest BCUT2D eigenvalue weighted by atomic mass is 10.2. The third-order valence-electron chi connectivity index (χ3n) is 6.70. The van der Waals surface area contributed by atoms with Gasteiger partial charge < -0.3 is 9.80 Å². The van der Waals surface area contributed by atoms with E-state index in [1.54, 1.807) is 16.7 Å². The number of rotatable bonds is 8. The van der Waals surface area contributed by atoms with Crippen LogP contribution in [0.5, 0.6) is 0 Å². The van der Waals surface area contributed by atoms with Gasteiger partial charge in [0.05, 0.1) is 43.6 Å². The molecule has 0 amide bonds. The van der Waals surface area contributed by atoms with E-state index in [1.807, 2.05) is 71.3 Å². The van der Waals surface area contributed by atoms with Gasteiger partial charge in [0, 0.05) is 34.5 Å². The summed E-state index contributed by atoms with van der Waals surface area (Å²) in [6, 6.07) is 23.5. The molecular formula is C28H29Cl2N4OS+. The van der Waals surface area contributed by atoms with Crippen LogP contribution >= 0.6 is 35.0 Å². The van der Waals surface area contributed by atoms with Gasteiger partial charge in [0.1, 0.15) is 0 Å². The van der Waals surface area contributed by atoms with E-state index in [0.717, 1.165) is 65.4 Å². The van der Waals surface area contributed by atoms with Crippen molar-refractivity contribution < 1.29 is 4.90 Å². The number of hydrogen-bond acceptors (Lipinski definition) is 4. The Morgan fingerprint density at radius 3 is 2.53 bits per heavy atom. The number of aromatic nitrogens is 2. The van der Waals surface area contributed by atoms with Crippen molar-refractivity contribution in [2.24, 2.45) is 0 Å². The van der Waals surface area contributed by atoms with Crippen LogP contribution in [-0.4, -0.2) is 42.3 Å². The van der Waals surface area contributed by atoms with Gasteiger partial charge in [-0.1, -0.05) is 71.4 Å². The summed E-state index contributed by atoms with van der Waals surface area (Å²) in [7, 11) is 0. The van der Waals surface area contributed by atoms with Crippen molar-refractivity contribution in [3.8, 4) is 0 Å². The first-order valence-electron chi connectivity index (χ1n) is 12.3. The van der Waals surface area contributed by atoms with Crippen LogP contribution in [0, 0.1) is 0 Å². The largest absolute Gasteiger partial charge is 0.360 e. The van der Waals surface area contributed by atoms with Gasteiger partial charge in [-0.05, 0) is 42.0 Å². The van der Waals surface area contributed by atoms with E-state index in [0.29, 0.717) is 17.7 Å². The number of para-hydroxylation sites is 1. The number of anilines is 1. The van der Waals surface area contributed by atoms with Gasteiger partial charge in [0.2, 0.25) is 0 Å². The molecule has 1 fully saturated rings. The van der Waals surface area contributed by atoms with Crippen LogP contribution in [-0.2, 0) is 12.3 Å². The lowest BCUT2D eigenvalue weighted by Crippen LogP contribution is -3.14. The van der Waals surface area contributed by atoms with Crippen LogP contribution in [0.15, 0.2) is 82.7 Å². The highest BCUT2D eigenvalue weighted by Gasteiger charge is 2.20. The number of nitrogens with zero attached hydrogens (tertiary/aromatic N) is 3. The number of halogens is 2. The monoisotopic (exact) mass is 539 g/mol. The molecule has 0 radical (unpaired) electrons. The lowest BCUT2D eigenvalue weighted by molar-refractivity contribution is -0.900. The molecule has 36 heavy (non-hydrogen) atoms. The summed E-state index contributed by atoms with van der Waals surface area (Å²) >= 11 is 14.1. The number of fused-ring (bicyclic) bond motifs is 1. The molecule has 1 aliphatic rings. The minimum atomic E-state index is 0.0306. The third-order valence-corrected chi connectivity index (χ3v) is 8.33. The Labute approximate surface area is 225 Å². The highest BCUT2D eigenvalue weighted by atomic mass is 35.5. The molecule has 3 aromatic carbocycles. The second-order valence-electron chi connectivity index (χ2n) is 9.07. The Morgan fingerprint density at radius 2 is 1.72 bits per heavy atom. The topological polar surface area (TPSA) is 42.6 Å². The molecule has 0 atom stereocenters. The molecule has 2 heterocycles. The van der Waals surface area contributed by atoms with Crippen molar-refractivity contribution in [3.05, 3.63) is 98.8 Å². The fourth-order valence-electron chi connectivity index (χ4n) is 4.70. The normalized spacial score (nSPS) is 14.4. The van der Waals surface area contributed by atoms with Crippen molar-refractivity contribution in [2.75, 3.05) is 37.6 Å². The molecule has 1 aromatic heterocycles. The van der Waals surface area contributed by atoms with Crippen LogP contribution in [0.3, 0.4) is 0 Å². The fourth-order valence-corrected chi connectivity index (χ4v) is 6.20. The average molecular weight is 541 g/mol. The molecule has 1 saturated heterocycles. The molecule has 0 aliphatic carbocycles. The van der Waals surface area contributed by atoms with Crippen molar-refractivity contribution in [1.82, 2.24) is 9.55 Å². The highest BCUT2D eigenvalue weighted by molar-refractivity contribution is 7.98. The molecule has 5 rings (SSSR count). The molecule has 0 spiro atoms. The van der Waals surface area contributed by atoms with Gasteiger partial charge in [-0.2, -0.15) is 0 Å². The zero-order chi connectivity index (χ0) is 24.9. The summed E-state index contributed by atoms with van der Waals surface area (Å²) in [5.41, 5.74) is 3.00. The molecule has 0 saturated carbocycles. The van der Waals surface area contributed by atoms with E-state index in [4.69, 9.17) is 28.2 Å². The Morgan fingerprint density at radius 1 is 0.944 bits per heavy atom. The summed E-state index contributed by atoms with van der Waals surface area (Å²) in [6.45, 7) is 5.84. The van der Waals surface area contributed by atoms with Crippen LogP contribution < -0.4 is 15.4 Å². The van der Waals surface area contributed by atoms with Gasteiger partial charge in [0.25, 0.3) is 5.56 Å². The van der Waals surface area contributed by atoms with E-state index in [9.17, 15) is 4.79 Å². The van der Waals surface area contributed by atoms with Crippen molar-refractivity contribution in [1.29, 1.82) is 0 Å². The van der Waals surface area contributed by atoms with Gasteiger partial charge in [-0.15, -0.1) is 0 Å². The number of thioether (sulfide) groups is 1. The Hall–Kier alpha value is -2.51. The molecule has 1 aliphatic heterocycles. The maximum Gasteiger partial charge on any atom is 0.262 e. The molecule has 8 heteroatoms. The Balaban J connectivity index is 1.25. The lowest BCUT2D eigenvalue weighted by Gasteiger charge is -2.33. The maximum atomic E-state index is 13.4. The van der Waals surface area contributed by atoms with Crippen molar-refractivity contribution >= 4 is 51.6 Å². The fraction of sp³-hybridized carbons (Fsp3) is 0.286. The second kappa shape index (κ2) is 11.7. The van der Waals surface area contributed by atoms with Crippen molar-refractivity contribution in [3.63, 3.8) is 0 Å². The first-order chi connectivity index (χ1) is 17.6. The predicted molar refractivity (Wildman–Crippen MR) is 151 cm³/mol. The van der Waals surface area contributed by atoms with E-state index in [-0.39, 0.29) is 5.56 Å². The van der Waals surface area contributed by atoms with E-state index in [1.165, 1.54) is 5.69 Å². The smallest absolute Gasteiger partial charge is 0.262 e. The maximum absolute atomic E-state index is 13.4. The zero-order valence-electron chi connectivity index (χ0n) is 20.0. The third kappa shape index (κ3) is 5.89. The number of benzene rings is 3. The molecule has 186 valence electrons. The number of nitrogens with one attached hydrogen (secondary N) is 1. The minimum Gasteiger partial charge on any atom is -0.360 e. The van der Waals surface area contributed by atoms with E-state index >= 15 is 0 Å². The zero-order valence-corrected chi connectivity index (χ0v) is 22.3. The van der Waals surface area contributed by atoms with Gasteiger partial charge in [0.15, 0.2) is 5.16 Å².